The van der Waals surface area contributed by atoms with Gasteiger partial charge in [0.05, 0.1) is 13.2 Å². The van der Waals surface area contributed by atoms with Crippen LogP contribution >= 0.6 is 21.6 Å². The first-order valence-electron chi connectivity index (χ1n) is 20.0. The lowest BCUT2D eigenvalue weighted by Crippen LogP contribution is -2.47. The third-order valence-corrected chi connectivity index (χ3v) is 10.9. The van der Waals surface area contributed by atoms with Gasteiger partial charge in [0.1, 0.15) is 13.2 Å². The second kappa shape index (κ2) is 35.3. The molecule has 1 heterocycles. The van der Waals surface area contributed by atoms with Gasteiger partial charge in [0, 0.05) is 76.0 Å². The number of unbranched alkanes of at least 4 members (excludes halogenated alkanes) is 10. The predicted octanol–water partition coefficient (Wildman–Crippen LogP) is 7.48. The fourth-order valence-electron chi connectivity index (χ4n) is 5.26. The molecular formula is C39H70N4O8S2. The van der Waals surface area contributed by atoms with Crippen molar-refractivity contribution < 1.29 is 38.1 Å². The van der Waals surface area contributed by atoms with Crippen LogP contribution < -0.4 is 5.32 Å². The van der Waals surface area contributed by atoms with E-state index in [2.05, 4.69) is 36.0 Å². The van der Waals surface area contributed by atoms with Crippen LogP contribution in [0.3, 0.4) is 0 Å². The van der Waals surface area contributed by atoms with Gasteiger partial charge in [-0.1, -0.05) is 86.1 Å². The molecule has 1 fully saturated rings. The van der Waals surface area contributed by atoms with Crippen molar-refractivity contribution in [2.24, 2.45) is 0 Å². The van der Waals surface area contributed by atoms with Gasteiger partial charge in [-0.25, -0.2) is 19.2 Å². The quantitative estimate of drug-likeness (QED) is 0.0239. The molecule has 0 aromatic heterocycles. The summed E-state index contributed by atoms with van der Waals surface area (Å²) < 4.78 is 21.5. The number of piperazine rings is 1. The zero-order valence-electron chi connectivity index (χ0n) is 33.0. The Hall–Kier alpha value is -2.42. The number of nitrogens with one attached hydrogen (secondary N) is 1. The maximum atomic E-state index is 13.0. The van der Waals surface area contributed by atoms with Gasteiger partial charge >= 0.3 is 24.1 Å². The maximum Gasteiger partial charge on any atom is 0.409 e. The number of hydrogen-bond acceptors (Lipinski definition) is 12. The van der Waals surface area contributed by atoms with Crippen LogP contribution in [0.2, 0.25) is 0 Å². The molecule has 12 nitrogen and oxygen atoms in total. The molecule has 0 aliphatic carbocycles. The lowest BCUT2D eigenvalue weighted by Gasteiger charge is -2.32. The van der Waals surface area contributed by atoms with Crippen molar-refractivity contribution in [3.63, 3.8) is 0 Å². The van der Waals surface area contributed by atoms with Crippen LogP contribution in [0.5, 0.6) is 0 Å². The zero-order chi connectivity index (χ0) is 38.6. The van der Waals surface area contributed by atoms with Gasteiger partial charge in [0.2, 0.25) is 0 Å². The third-order valence-electron chi connectivity index (χ3n) is 8.52. The summed E-state index contributed by atoms with van der Waals surface area (Å²) in [7, 11) is 5.25. The first-order valence-corrected chi connectivity index (χ1v) is 22.5. The smallest absolute Gasteiger partial charge is 0.409 e. The van der Waals surface area contributed by atoms with E-state index < -0.39 is 12.2 Å². The Morgan fingerprint density at radius 1 is 0.642 bits per heavy atom. The van der Waals surface area contributed by atoms with Crippen molar-refractivity contribution in [1.29, 1.82) is 0 Å². The van der Waals surface area contributed by atoms with Crippen LogP contribution in [0, 0.1) is 0 Å². The molecule has 0 spiro atoms. The van der Waals surface area contributed by atoms with Crippen molar-refractivity contribution in [3.05, 3.63) is 24.3 Å². The molecule has 0 radical (unpaired) electrons. The molecule has 1 rings (SSSR count). The molecule has 0 aromatic rings. The molecule has 0 aromatic carbocycles. The first-order chi connectivity index (χ1) is 25.8. The number of rotatable bonds is 32. The monoisotopic (exact) mass is 786 g/mol. The second-order valence-electron chi connectivity index (χ2n) is 13.2. The molecule has 2 amide bonds. The lowest BCUT2D eigenvalue weighted by molar-refractivity contribution is -0.138. The molecule has 0 saturated carbocycles. The lowest BCUT2D eigenvalue weighted by atomic mass is 10.1. The summed E-state index contributed by atoms with van der Waals surface area (Å²) in [6.07, 6.45) is 19.6. The topological polar surface area (TPSA) is 127 Å². The van der Waals surface area contributed by atoms with Gasteiger partial charge in [-0.15, -0.1) is 0 Å². The highest BCUT2D eigenvalue weighted by Crippen LogP contribution is 2.20. The summed E-state index contributed by atoms with van der Waals surface area (Å²) in [5.74, 6) is 0.569. The highest BCUT2D eigenvalue weighted by molar-refractivity contribution is 8.76. The van der Waals surface area contributed by atoms with Gasteiger partial charge in [0.15, 0.2) is 0 Å². The maximum absolute atomic E-state index is 13.0. The molecule has 14 heteroatoms. The SMILES string of the molecule is CCCCCC/C=C\C(=O)OCCCCN(CCCCOC(=O)/C=C\CCCCCC)C(=O)OCCSSCCOC(=O)NCCN1CCN(C)CC1. The average molecular weight is 787 g/mol. The molecule has 1 saturated heterocycles. The van der Waals surface area contributed by atoms with Crippen molar-refractivity contribution in [1.82, 2.24) is 20.0 Å². The number of carbonyl (C=O) groups is 4. The highest BCUT2D eigenvalue weighted by atomic mass is 33.1. The van der Waals surface area contributed by atoms with E-state index in [4.69, 9.17) is 18.9 Å². The summed E-state index contributed by atoms with van der Waals surface area (Å²) in [5.41, 5.74) is 0. The van der Waals surface area contributed by atoms with Crippen molar-refractivity contribution in [2.75, 3.05) is 97.3 Å². The summed E-state index contributed by atoms with van der Waals surface area (Å²) >= 11 is 0. The third kappa shape index (κ3) is 30.6. The summed E-state index contributed by atoms with van der Waals surface area (Å²) in [4.78, 5) is 55.2. The Labute approximate surface area is 328 Å². The van der Waals surface area contributed by atoms with Gasteiger partial charge in [-0.3, -0.25) is 4.90 Å². The zero-order valence-corrected chi connectivity index (χ0v) is 34.7. The highest BCUT2D eigenvalue weighted by Gasteiger charge is 2.16. The minimum Gasteiger partial charge on any atom is -0.463 e. The van der Waals surface area contributed by atoms with E-state index in [0.717, 1.165) is 58.4 Å². The van der Waals surface area contributed by atoms with Gasteiger partial charge in [-0.2, -0.15) is 0 Å². The van der Waals surface area contributed by atoms with E-state index in [9.17, 15) is 19.2 Å². The standard InChI is InChI=1S/C39H70N4O8S2/c1-4-6-8-10-12-14-20-36(44)48-30-18-16-23-43(24-17-19-31-49-37(45)21-15-13-11-9-7-5-2)39(47)51-33-35-53-52-34-32-50-38(46)40-22-25-42-28-26-41(3)27-29-42/h14-15,20-21H,4-13,16-19,22-35H2,1-3H3,(H,40,46)/b20-14-,21-15-. The number of ether oxygens (including phenoxy) is 4. The molecule has 53 heavy (non-hydrogen) atoms. The number of esters is 2. The molecule has 1 N–H and O–H groups in total. The van der Waals surface area contributed by atoms with Crippen molar-refractivity contribution in [3.8, 4) is 0 Å². The number of likely N-dealkylation sites (N-methyl/N-ethyl adjacent to an activating group) is 1. The van der Waals surface area contributed by atoms with Crippen molar-refractivity contribution >= 4 is 45.7 Å². The predicted molar refractivity (Wildman–Crippen MR) is 217 cm³/mol. The molecule has 0 unspecified atom stereocenters. The minimum atomic E-state index is -0.398. The van der Waals surface area contributed by atoms with Crippen LogP contribution in [0.1, 0.15) is 104 Å². The second-order valence-corrected chi connectivity index (χ2v) is 15.9. The van der Waals surface area contributed by atoms with Crippen molar-refractivity contribution in [2.45, 2.75) is 104 Å². The number of nitrogens with zero attached hydrogens (tertiary/aromatic N) is 3. The fourth-order valence-corrected chi connectivity index (χ4v) is 6.92. The number of alkyl carbamates (subject to hydrolysis) is 1. The van der Waals surface area contributed by atoms with E-state index in [1.54, 1.807) is 26.5 Å². The summed E-state index contributed by atoms with van der Waals surface area (Å²) in [6, 6.07) is 0. The average Bonchev–Trinajstić information content (AvgIpc) is 3.15. The largest absolute Gasteiger partial charge is 0.463 e. The summed E-state index contributed by atoms with van der Waals surface area (Å²) in [5, 5.41) is 2.81. The van der Waals surface area contributed by atoms with Crippen LogP contribution in [0.25, 0.3) is 0 Å². The number of hydrogen-bond donors (Lipinski definition) is 1. The van der Waals surface area contributed by atoms with Gasteiger partial charge in [-0.05, 0) is 58.4 Å². The fraction of sp³-hybridized carbons (Fsp3) is 0.795. The van der Waals surface area contributed by atoms with Gasteiger partial charge in [0.25, 0.3) is 0 Å². The van der Waals surface area contributed by atoms with Gasteiger partial charge < -0.3 is 34.1 Å². The Morgan fingerprint density at radius 2 is 1.17 bits per heavy atom. The molecule has 1 aliphatic rings. The molecule has 306 valence electrons. The molecular weight excluding hydrogens is 717 g/mol. The van der Waals surface area contributed by atoms with E-state index in [1.165, 1.54) is 50.7 Å². The molecule has 0 bridgehead atoms. The van der Waals surface area contributed by atoms with Crippen LogP contribution in [0.4, 0.5) is 9.59 Å². The van der Waals surface area contributed by atoms with Crippen LogP contribution in [0.15, 0.2) is 24.3 Å². The Kier molecular flexibility index (Phi) is 32.4. The van der Waals surface area contributed by atoms with E-state index in [0.29, 0.717) is 76.6 Å². The van der Waals surface area contributed by atoms with Crippen LogP contribution in [-0.4, -0.2) is 136 Å². The number of carbonyl (C=O) groups excluding carboxylic acids is 4. The molecule has 0 atom stereocenters. The number of allylic oxidation sites excluding steroid dienone is 2. The minimum absolute atomic E-state index is 0.255. The van der Waals surface area contributed by atoms with E-state index >= 15 is 0 Å². The van der Waals surface area contributed by atoms with E-state index in [-0.39, 0.29) is 18.5 Å². The Balaban J connectivity index is 2.29. The Bertz CT molecular complexity index is 968. The number of amides is 2. The summed E-state index contributed by atoms with van der Waals surface area (Å²) in [6.45, 7) is 12.0. The van der Waals surface area contributed by atoms with E-state index in [1.807, 2.05) is 12.2 Å². The molecule has 1 aliphatic heterocycles. The normalized spacial score (nSPS) is 13.7. The Morgan fingerprint density at radius 3 is 1.70 bits per heavy atom. The van der Waals surface area contributed by atoms with Crippen LogP contribution in [-0.2, 0) is 28.5 Å². The first kappa shape index (κ1) is 48.6.